The zero-order valence-corrected chi connectivity index (χ0v) is 18.9. The van der Waals surface area contributed by atoms with Crippen molar-refractivity contribution in [2.75, 3.05) is 0 Å². The van der Waals surface area contributed by atoms with Crippen LogP contribution >= 0.6 is 11.6 Å². The van der Waals surface area contributed by atoms with Gasteiger partial charge in [-0.2, -0.15) is 0 Å². The summed E-state index contributed by atoms with van der Waals surface area (Å²) in [6.45, 7) is 0.360. The summed E-state index contributed by atoms with van der Waals surface area (Å²) >= 11 is 6.04. The predicted octanol–water partition coefficient (Wildman–Crippen LogP) is 7.16. The monoisotopic (exact) mass is 494 g/mol. The van der Waals surface area contributed by atoms with Crippen LogP contribution in [0.1, 0.15) is 15.9 Å². The summed E-state index contributed by atoms with van der Waals surface area (Å²) in [6.07, 6.45) is -4.75. The number of carbonyl (C=O) groups is 1. The van der Waals surface area contributed by atoms with Crippen molar-refractivity contribution in [2.24, 2.45) is 5.73 Å². The van der Waals surface area contributed by atoms with Crippen molar-refractivity contribution in [3.05, 3.63) is 101 Å². The molecule has 0 saturated heterocycles. The molecule has 0 spiro atoms. The highest BCUT2D eigenvalue weighted by Crippen LogP contribution is 2.35. The Balaban J connectivity index is 1.66. The molecule has 4 nitrogen and oxygen atoms in total. The van der Waals surface area contributed by atoms with E-state index in [0.29, 0.717) is 17.1 Å². The number of alkyl halides is 3. The van der Waals surface area contributed by atoms with Gasteiger partial charge >= 0.3 is 6.36 Å². The largest absolute Gasteiger partial charge is 0.573 e. The molecule has 176 valence electrons. The van der Waals surface area contributed by atoms with Crippen LogP contribution in [0, 0.1) is 0 Å². The first-order valence-corrected chi connectivity index (χ1v) is 11.0. The van der Waals surface area contributed by atoms with Crippen molar-refractivity contribution in [1.82, 2.24) is 4.57 Å². The number of nitrogens with zero attached hydrogens (tertiary/aromatic N) is 1. The molecule has 0 aliphatic carbocycles. The Hall–Kier alpha value is -3.97. The maximum Gasteiger partial charge on any atom is 0.573 e. The fourth-order valence-corrected chi connectivity index (χ4v) is 4.45. The van der Waals surface area contributed by atoms with Gasteiger partial charge in [0.25, 0.3) is 0 Å². The third kappa shape index (κ3) is 4.55. The summed E-state index contributed by atoms with van der Waals surface area (Å²) in [5, 5.41) is 2.21. The summed E-state index contributed by atoms with van der Waals surface area (Å²) in [7, 11) is 0. The minimum atomic E-state index is -4.75. The van der Waals surface area contributed by atoms with E-state index < -0.39 is 12.3 Å². The van der Waals surface area contributed by atoms with E-state index in [9.17, 15) is 18.0 Å². The number of nitrogens with two attached hydrogens (primary N) is 1. The number of ether oxygens (including phenoxy) is 1. The molecule has 5 rings (SSSR count). The number of fused-ring (bicyclic) bond motifs is 3. The zero-order chi connectivity index (χ0) is 24.7. The normalized spacial score (nSPS) is 11.8. The summed E-state index contributed by atoms with van der Waals surface area (Å²) in [4.78, 5) is 12.2. The fourth-order valence-electron chi connectivity index (χ4n) is 4.32. The van der Waals surface area contributed by atoms with Crippen LogP contribution in [0.15, 0.2) is 84.9 Å². The molecule has 8 heteroatoms. The molecule has 5 aromatic rings. The highest BCUT2D eigenvalue weighted by atomic mass is 35.5. The van der Waals surface area contributed by atoms with E-state index in [1.54, 1.807) is 24.3 Å². The minimum absolute atomic E-state index is 0.287. The third-order valence-corrected chi connectivity index (χ3v) is 6.08. The number of benzene rings is 4. The van der Waals surface area contributed by atoms with Gasteiger partial charge in [-0.25, -0.2) is 0 Å². The van der Waals surface area contributed by atoms with E-state index in [4.69, 9.17) is 17.3 Å². The summed E-state index contributed by atoms with van der Waals surface area (Å²) < 4.78 is 43.6. The minimum Gasteiger partial charge on any atom is -0.406 e. The van der Waals surface area contributed by atoms with Crippen LogP contribution in [0.2, 0.25) is 5.02 Å². The lowest BCUT2D eigenvalue weighted by Crippen LogP contribution is -2.17. The molecule has 0 radical (unpaired) electrons. The standard InChI is InChI=1S/C27H18ClF3N2O2/c28-19-9-6-17(7-10-19)18-8-13-21-24(14-18)33(23-3-1-2-22(25(21)23)26(32)34)15-16-4-11-20(12-5-16)35-27(29,30)31/h1-14H,15H2,(H2,32,34). The average molecular weight is 495 g/mol. The predicted molar refractivity (Wildman–Crippen MR) is 131 cm³/mol. The van der Waals surface area contributed by atoms with Gasteiger partial charge in [-0.05, 0) is 59.2 Å². The number of carbonyl (C=O) groups excluding carboxylic acids is 1. The first-order chi connectivity index (χ1) is 16.7. The van der Waals surface area contributed by atoms with Gasteiger partial charge in [-0.3, -0.25) is 4.79 Å². The lowest BCUT2D eigenvalue weighted by molar-refractivity contribution is -0.274. The first kappa shape index (κ1) is 22.8. The second kappa shape index (κ2) is 8.67. The van der Waals surface area contributed by atoms with E-state index in [1.807, 2.05) is 53.1 Å². The highest BCUT2D eigenvalue weighted by molar-refractivity contribution is 6.30. The van der Waals surface area contributed by atoms with Crippen LogP contribution in [0.4, 0.5) is 13.2 Å². The second-order valence-corrected chi connectivity index (χ2v) is 8.52. The number of halogens is 4. The van der Waals surface area contributed by atoms with Crippen LogP contribution < -0.4 is 10.5 Å². The second-order valence-electron chi connectivity index (χ2n) is 8.08. The van der Waals surface area contributed by atoms with Crippen molar-refractivity contribution in [1.29, 1.82) is 0 Å². The topological polar surface area (TPSA) is 57.2 Å². The van der Waals surface area contributed by atoms with E-state index in [2.05, 4.69) is 4.74 Å². The SMILES string of the molecule is NC(=O)c1cccc2c1c1ccc(-c3ccc(Cl)cc3)cc1n2Cc1ccc(OC(F)(F)F)cc1. The Morgan fingerprint density at radius 1 is 0.886 bits per heavy atom. The van der Waals surface area contributed by atoms with Gasteiger partial charge < -0.3 is 15.0 Å². The quantitative estimate of drug-likeness (QED) is 0.282. The van der Waals surface area contributed by atoms with Gasteiger partial charge in [-0.15, -0.1) is 13.2 Å². The van der Waals surface area contributed by atoms with Crippen molar-refractivity contribution in [3.8, 4) is 16.9 Å². The van der Waals surface area contributed by atoms with Crippen molar-refractivity contribution < 1.29 is 22.7 Å². The van der Waals surface area contributed by atoms with Crippen LogP contribution in [-0.4, -0.2) is 16.8 Å². The van der Waals surface area contributed by atoms with Crippen LogP contribution in [-0.2, 0) is 6.54 Å². The molecule has 0 atom stereocenters. The number of rotatable bonds is 5. The van der Waals surface area contributed by atoms with Crippen molar-refractivity contribution in [2.45, 2.75) is 12.9 Å². The Kier molecular flexibility index (Phi) is 5.65. The average Bonchev–Trinajstić information content (AvgIpc) is 3.13. The van der Waals surface area contributed by atoms with Gasteiger partial charge in [-0.1, -0.05) is 54.1 Å². The Bertz CT molecular complexity index is 1560. The van der Waals surface area contributed by atoms with E-state index in [-0.39, 0.29) is 5.75 Å². The summed E-state index contributed by atoms with van der Waals surface area (Å²) in [5.74, 6) is -0.824. The maximum absolute atomic E-state index is 12.5. The third-order valence-electron chi connectivity index (χ3n) is 5.83. The van der Waals surface area contributed by atoms with E-state index in [0.717, 1.165) is 38.5 Å². The summed E-state index contributed by atoms with van der Waals surface area (Å²) in [5.41, 5.74) is 10.4. The van der Waals surface area contributed by atoms with Gasteiger partial charge in [0.05, 0.1) is 11.0 Å². The Morgan fingerprint density at radius 3 is 2.23 bits per heavy atom. The van der Waals surface area contributed by atoms with E-state index >= 15 is 0 Å². The summed E-state index contributed by atoms with van der Waals surface area (Å²) in [6, 6.07) is 24.5. The van der Waals surface area contributed by atoms with Crippen LogP contribution in [0.5, 0.6) is 5.75 Å². The molecular formula is C27H18ClF3N2O2. The van der Waals surface area contributed by atoms with Gasteiger partial charge in [0.2, 0.25) is 5.91 Å². The molecule has 1 aromatic heterocycles. The lowest BCUT2D eigenvalue weighted by Gasteiger charge is -2.11. The Labute approximate surface area is 203 Å². The van der Waals surface area contributed by atoms with Crippen molar-refractivity contribution >= 4 is 39.3 Å². The number of primary amides is 1. The van der Waals surface area contributed by atoms with Crippen LogP contribution in [0.3, 0.4) is 0 Å². The molecule has 35 heavy (non-hydrogen) atoms. The molecule has 0 bridgehead atoms. The highest BCUT2D eigenvalue weighted by Gasteiger charge is 2.31. The first-order valence-electron chi connectivity index (χ1n) is 10.6. The molecule has 0 fully saturated rings. The maximum atomic E-state index is 12.5. The smallest absolute Gasteiger partial charge is 0.406 e. The molecule has 4 aromatic carbocycles. The zero-order valence-electron chi connectivity index (χ0n) is 18.1. The molecule has 1 amide bonds. The Morgan fingerprint density at radius 2 is 1.57 bits per heavy atom. The molecule has 0 aliphatic rings. The number of amides is 1. The van der Waals surface area contributed by atoms with Gasteiger partial charge in [0, 0.05) is 27.9 Å². The molecule has 2 N–H and O–H groups in total. The van der Waals surface area contributed by atoms with E-state index in [1.165, 1.54) is 12.1 Å². The molecule has 1 heterocycles. The van der Waals surface area contributed by atoms with Crippen LogP contribution in [0.25, 0.3) is 32.9 Å². The molecule has 0 unspecified atom stereocenters. The number of hydrogen-bond donors (Lipinski definition) is 1. The van der Waals surface area contributed by atoms with Crippen molar-refractivity contribution in [3.63, 3.8) is 0 Å². The van der Waals surface area contributed by atoms with Gasteiger partial charge in [0.15, 0.2) is 0 Å². The lowest BCUT2D eigenvalue weighted by atomic mass is 10.0. The number of aromatic nitrogens is 1. The number of hydrogen-bond acceptors (Lipinski definition) is 2. The van der Waals surface area contributed by atoms with Gasteiger partial charge in [0.1, 0.15) is 5.75 Å². The fraction of sp³-hybridized carbons (Fsp3) is 0.0741. The molecule has 0 aliphatic heterocycles. The molecular weight excluding hydrogens is 477 g/mol. The molecule has 0 saturated carbocycles.